The summed E-state index contributed by atoms with van der Waals surface area (Å²) < 4.78 is 1.73. The molecule has 6 nitrogen and oxygen atoms in total. The SMILES string of the molecule is CC(=O)Nc1c(-c2ccccc2)c(C)nn1-c1ccc(C(=O)N2CCCC[C@H]2C)cc1. The van der Waals surface area contributed by atoms with E-state index in [4.69, 9.17) is 5.10 Å². The molecule has 3 aromatic rings. The number of hydrogen-bond donors (Lipinski definition) is 1. The summed E-state index contributed by atoms with van der Waals surface area (Å²) in [6.07, 6.45) is 3.29. The zero-order valence-corrected chi connectivity index (χ0v) is 18.3. The lowest BCUT2D eigenvalue weighted by Crippen LogP contribution is -2.42. The van der Waals surface area contributed by atoms with Crippen molar-refractivity contribution < 1.29 is 9.59 Å². The van der Waals surface area contributed by atoms with Gasteiger partial charge in [-0.3, -0.25) is 9.59 Å². The summed E-state index contributed by atoms with van der Waals surface area (Å²) in [5, 5.41) is 7.63. The van der Waals surface area contributed by atoms with Crippen LogP contribution in [-0.2, 0) is 4.79 Å². The molecule has 2 amide bonds. The fourth-order valence-electron chi connectivity index (χ4n) is 4.26. The molecular formula is C25H28N4O2. The number of benzene rings is 2. The third-order valence-corrected chi connectivity index (χ3v) is 5.84. The maximum atomic E-state index is 13.0. The molecule has 31 heavy (non-hydrogen) atoms. The second kappa shape index (κ2) is 8.76. The summed E-state index contributed by atoms with van der Waals surface area (Å²) in [7, 11) is 0. The van der Waals surface area contributed by atoms with Gasteiger partial charge in [0.05, 0.1) is 11.4 Å². The Balaban J connectivity index is 1.69. The Morgan fingerprint density at radius 2 is 1.74 bits per heavy atom. The minimum absolute atomic E-state index is 0.0717. The van der Waals surface area contributed by atoms with Gasteiger partial charge in [-0.1, -0.05) is 30.3 Å². The predicted molar refractivity (Wildman–Crippen MR) is 122 cm³/mol. The van der Waals surface area contributed by atoms with Crippen molar-refractivity contribution in [2.75, 3.05) is 11.9 Å². The van der Waals surface area contributed by atoms with Gasteiger partial charge in [0, 0.05) is 30.6 Å². The number of carbonyl (C=O) groups is 2. The van der Waals surface area contributed by atoms with Crippen LogP contribution in [0.2, 0.25) is 0 Å². The first-order valence-corrected chi connectivity index (χ1v) is 10.8. The number of nitrogens with one attached hydrogen (secondary N) is 1. The molecule has 0 bridgehead atoms. The molecule has 1 aliphatic heterocycles. The van der Waals surface area contributed by atoms with E-state index in [1.165, 1.54) is 13.3 Å². The lowest BCUT2D eigenvalue weighted by molar-refractivity contribution is -0.114. The number of aromatic nitrogens is 2. The molecule has 1 fully saturated rings. The minimum atomic E-state index is -0.163. The van der Waals surface area contributed by atoms with E-state index in [0.717, 1.165) is 41.9 Å². The van der Waals surface area contributed by atoms with Gasteiger partial charge in [0.1, 0.15) is 5.82 Å². The summed E-state index contributed by atoms with van der Waals surface area (Å²) in [4.78, 5) is 26.9. The number of hydrogen-bond acceptors (Lipinski definition) is 3. The van der Waals surface area contributed by atoms with Gasteiger partial charge in [-0.25, -0.2) is 4.68 Å². The molecule has 0 radical (unpaired) electrons. The van der Waals surface area contributed by atoms with Gasteiger partial charge in [-0.15, -0.1) is 0 Å². The Kier molecular flexibility index (Phi) is 5.89. The van der Waals surface area contributed by atoms with Crippen LogP contribution in [0.15, 0.2) is 54.6 Å². The van der Waals surface area contributed by atoms with Gasteiger partial charge in [-0.2, -0.15) is 5.10 Å². The molecule has 0 saturated carbocycles. The summed E-state index contributed by atoms with van der Waals surface area (Å²) in [5.41, 5.74) is 4.15. The first-order valence-electron chi connectivity index (χ1n) is 10.8. The van der Waals surface area contributed by atoms with Crippen LogP contribution in [0.25, 0.3) is 16.8 Å². The highest BCUT2D eigenvalue weighted by Gasteiger charge is 2.24. The van der Waals surface area contributed by atoms with Gasteiger partial charge in [0.25, 0.3) is 5.91 Å². The van der Waals surface area contributed by atoms with Crippen molar-refractivity contribution in [1.82, 2.24) is 14.7 Å². The first-order chi connectivity index (χ1) is 15.0. The normalized spacial score (nSPS) is 16.2. The third-order valence-electron chi connectivity index (χ3n) is 5.84. The molecule has 1 N–H and O–H groups in total. The van der Waals surface area contributed by atoms with Crippen LogP contribution >= 0.6 is 0 Å². The van der Waals surface area contributed by atoms with E-state index in [9.17, 15) is 9.59 Å². The molecule has 2 heterocycles. The Bertz CT molecular complexity index is 1090. The highest BCUT2D eigenvalue weighted by Crippen LogP contribution is 2.33. The summed E-state index contributed by atoms with van der Waals surface area (Å²) >= 11 is 0. The molecule has 4 rings (SSSR count). The van der Waals surface area contributed by atoms with E-state index < -0.39 is 0 Å². The van der Waals surface area contributed by atoms with Crippen molar-refractivity contribution in [3.63, 3.8) is 0 Å². The zero-order chi connectivity index (χ0) is 22.0. The molecule has 1 aliphatic rings. The standard InChI is InChI=1S/C25H28N4O2/c1-17-9-7-8-16-28(17)25(31)21-12-14-22(15-13-21)29-24(26-19(3)30)23(18(2)27-29)20-10-5-4-6-11-20/h4-6,10-15,17H,7-9,16H2,1-3H3,(H,26,30)/t17-/m1/s1. The third kappa shape index (κ3) is 4.24. The smallest absolute Gasteiger partial charge is 0.254 e. The number of anilines is 1. The van der Waals surface area contributed by atoms with Gasteiger partial charge in [0.15, 0.2) is 0 Å². The van der Waals surface area contributed by atoms with E-state index in [2.05, 4.69) is 12.2 Å². The summed E-state index contributed by atoms with van der Waals surface area (Å²) in [5.74, 6) is 0.534. The van der Waals surface area contributed by atoms with E-state index in [0.29, 0.717) is 11.4 Å². The average Bonchev–Trinajstić information content (AvgIpc) is 3.09. The van der Waals surface area contributed by atoms with E-state index in [1.807, 2.05) is 66.4 Å². The fraction of sp³-hybridized carbons (Fsp3) is 0.320. The molecule has 160 valence electrons. The van der Waals surface area contributed by atoms with Gasteiger partial charge >= 0.3 is 0 Å². The monoisotopic (exact) mass is 416 g/mol. The van der Waals surface area contributed by atoms with Gasteiger partial charge in [-0.05, 0) is 62.9 Å². The molecule has 0 aliphatic carbocycles. The number of nitrogens with zero attached hydrogens (tertiary/aromatic N) is 3. The second-order valence-corrected chi connectivity index (χ2v) is 8.16. The zero-order valence-electron chi connectivity index (χ0n) is 18.3. The van der Waals surface area contributed by atoms with Crippen LogP contribution in [0, 0.1) is 6.92 Å². The highest BCUT2D eigenvalue weighted by atomic mass is 16.2. The maximum Gasteiger partial charge on any atom is 0.254 e. The first kappa shape index (κ1) is 20.8. The van der Waals surface area contributed by atoms with Gasteiger partial charge in [0.2, 0.25) is 5.91 Å². The quantitative estimate of drug-likeness (QED) is 0.663. The lowest BCUT2D eigenvalue weighted by atomic mass is 10.0. The Hall–Kier alpha value is -3.41. The fourth-order valence-corrected chi connectivity index (χ4v) is 4.26. The molecule has 2 aromatic carbocycles. The number of aryl methyl sites for hydroxylation is 1. The molecule has 0 spiro atoms. The summed E-state index contributed by atoms with van der Waals surface area (Å²) in [6.45, 7) is 6.35. The molecule has 1 aromatic heterocycles. The van der Waals surface area contributed by atoms with Crippen LogP contribution < -0.4 is 5.32 Å². The van der Waals surface area contributed by atoms with E-state index in [1.54, 1.807) is 4.68 Å². The van der Waals surface area contributed by atoms with E-state index >= 15 is 0 Å². The van der Waals surface area contributed by atoms with Crippen LogP contribution in [0.5, 0.6) is 0 Å². The van der Waals surface area contributed by atoms with Crippen molar-refractivity contribution in [2.24, 2.45) is 0 Å². The Morgan fingerprint density at radius 3 is 2.39 bits per heavy atom. The largest absolute Gasteiger partial charge is 0.336 e. The average molecular weight is 417 g/mol. The number of likely N-dealkylation sites (tertiary alicyclic amines) is 1. The molecule has 1 atom stereocenters. The van der Waals surface area contributed by atoms with Crippen molar-refractivity contribution in [2.45, 2.75) is 46.1 Å². The van der Waals surface area contributed by atoms with Gasteiger partial charge < -0.3 is 10.2 Å². The lowest BCUT2D eigenvalue weighted by Gasteiger charge is -2.33. The molecule has 0 unspecified atom stereocenters. The predicted octanol–water partition coefficient (Wildman–Crippen LogP) is 4.82. The number of rotatable bonds is 4. The van der Waals surface area contributed by atoms with Crippen LogP contribution in [0.4, 0.5) is 5.82 Å². The van der Waals surface area contributed by atoms with E-state index in [-0.39, 0.29) is 17.9 Å². The maximum absolute atomic E-state index is 13.0. The number of carbonyl (C=O) groups excluding carboxylic acids is 2. The topological polar surface area (TPSA) is 67.2 Å². The molecule has 6 heteroatoms. The number of piperidine rings is 1. The highest BCUT2D eigenvalue weighted by molar-refractivity contribution is 5.95. The Labute approximate surface area is 182 Å². The minimum Gasteiger partial charge on any atom is -0.336 e. The summed E-state index contributed by atoms with van der Waals surface area (Å²) in [6, 6.07) is 17.6. The number of amides is 2. The molecular weight excluding hydrogens is 388 g/mol. The van der Waals surface area contributed by atoms with Crippen molar-refractivity contribution in [3.8, 4) is 16.8 Å². The van der Waals surface area contributed by atoms with Crippen LogP contribution in [0.3, 0.4) is 0 Å². The van der Waals surface area contributed by atoms with Crippen molar-refractivity contribution in [3.05, 3.63) is 65.9 Å². The second-order valence-electron chi connectivity index (χ2n) is 8.16. The van der Waals surface area contributed by atoms with Crippen LogP contribution in [0.1, 0.15) is 49.2 Å². The van der Waals surface area contributed by atoms with Crippen molar-refractivity contribution in [1.29, 1.82) is 0 Å². The molecule has 1 saturated heterocycles. The Morgan fingerprint density at radius 1 is 1.03 bits per heavy atom. The van der Waals surface area contributed by atoms with Crippen LogP contribution in [-0.4, -0.2) is 39.1 Å². The van der Waals surface area contributed by atoms with Crippen molar-refractivity contribution >= 4 is 17.6 Å².